The molecule has 3 N–H and O–H groups in total. The molecular weight excluding hydrogens is 370 g/mol. The van der Waals surface area contributed by atoms with Gasteiger partial charge in [-0.2, -0.15) is 0 Å². The molecule has 0 aliphatic carbocycles. The van der Waals surface area contributed by atoms with Crippen molar-refractivity contribution in [1.82, 2.24) is 20.3 Å². The molecule has 8 heteroatoms. The molecule has 0 bridgehead atoms. The van der Waals surface area contributed by atoms with Crippen LogP contribution >= 0.6 is 27.5 Å². The van der Waals surface area contributed by atoms with E-state index in [9.17, 15) is 4.79 Å². The van der Waals surface area contributed by atoms with E-state index in [1.54, 1.807) is 31.6 Å². The summed E-state index contributed by atoms with van der Waals surface area (Å²) < 4.78 is 0.673. The van der Waals surface area contributed by atoms with Gasteiger partial charge in [0.1, 0.15) is 10.1 Å². The fourth-order valence-corrected chi connectivity index (χ4v) is 2.66. The minimum absolute atomic E-state index is 0.249. The molecule has 0 aliphatic heterocycles. The van der Waals surface area contributed by atoms with Gasteiger partial charge in [-0.15, -0.1) is 0 Å². The number of pyridine rings is 1. The minimum Gasteiger partial charge on any atom is -0.355 e. The van der Waals surface area contributed by atoms with E-state index in [2.05, 4.69) is 41.5 Å². The number of nitrogens with zero attached hydrogens (tertiary/aromatic N) is 2. The molecule has 1 amide bonds. The van der Waals surface area contributed by atoms with Crippen LogP contribution in [0.5, 0.6) is 0 Å². The van der Waals surface area contributed by atoms with Gasteiger partial charge in [0.05, 0.1) is 22.4 Å². The number of hydrogen-bond acceptors (Lipinski definition) is 4. The molecular formula is C14H11BrClN5O. The molecule has 1 aromatic carbocycles. The number of amides is 1. The summed E-state index contributed by atoms with van der Waals surface area (Å²) in [6.07, 6.45) is 1.60. The first kappa shape index (κ1) is 14.8. The van der Waals surface area contributed by atoms with Crippen molar-refractivity contribution in [2.75, 3.05) is 12.4 Å². The predicted octanol–water partition coefficient (Wildman–Crippen LogP) is 3.48. The summed E-state index contributed by atoms with van der Waals surface area (Å²) in [7, 11) is 1.56. The van der Waals surface area contributed by atoms with Crippen molar-refractivity contribution < 1.29 is 4.79 Å². The van der Waals surface area contributed by atoms with Gasteiger partial charge in [-0.05, 0) is 40.2 Å². The zero-order chi connectivity index (χ0) is 15.7. The second kappa shape index (κ2) is 5.94. The molecule has 2 heterocycles. The monoisotopic (exact) mass is 379 g/mol. The zero-order valence-corrected chi connectivity index (χ0v) is 13.8. The maximum Gasteiger partial charge on any atom is 0.252 e. The summed E-state index contributed by atoms with van der Waals surface area (Å²) in [6, 6.07) is 6.94. The summed E-state index contributed by atoms with van der Waals surface area (Å²) in [4.78, 5) is 23.4. The fourth-order valence-electron chi connectivity index (χ4n) is 2.05. The van der Waals surface area contributed by atoms with Crippen molar-refractivity contribution in [2.45, 2.75) is 0 Å². The van der Waals surface area contributed by atoms with E-state index in [1.807, 2.05) is 6.07 Å². The Bertz CT molecular complexity index is 864. The molecule has 0 saturated carbocycles. The number of halogens is 2. The first-order valence-electron chi connectivity index (χ1n) is 6.37. The lowest BCUT2D eigenvalue weighted by molar-refractivity contribution is 0.0963. The second-order valence-corrected chi connectivity index (χ2v) is 5.71. The maximum absolute atomic E-state index is 11.8. The number of carbonyl (C=O) groups is 1. The Balaban J connectivity index is 2.02. The van der Waals surface area contributed by atoms with Crippen LogP contribution in [0, 0.1) is 0 Å². The zero-order valence-electron chi connectivity index (χ0n) is 11.4. The van der Waals surface area contributed by atoms with Gasteiger partial charge < -0.3 is 15.6 Å². The molecule has 2 aromatic heterocycles. The van der Waals surface area contributed by atoms with Crippen molar-refractivity contribution in [3.05, 3.63) is 45.8 Å². The first-order chi connectivity index (χ1) is 10.6. The molecule has 0 spiro atoms. The average molecular weight is 381 g/mol. The Morgan fingerprint density at radius 1 is 1.36 bits per heavy atom. The van der Waals surface area contributed by atoms with Gasteiger partial charge in [0, 0.05) is 12.7 Å². The Morgan fingerprint density at radius 2 is 2.18 bits per heavy atom. The Morgan fingerprint density at radius 3 is 2.95 bits per heavy atom. The molecule has 0 atom stereocenters. The number of aromatic amines is 1. The number of H-pyrrole nitrogens is 1. The molecule has 0 unspecified atom stereocenters. The lowest BCUT2D eigenvalue weighted by Gasteiger charge is -2.09. The normalized spacial score (nSPS) is 10.7. The number of nitrogens with one attached hydrogen (secondary N) is 3. The van der Waals surface area contributed by atoms with E-state index in [4.69, 9.17) is 11.6 Å². The molecule has 22 heavy (non-hydrogen) atoms. The molecule has 0 radical (unpaired) electrons. The van der Waals surface area contributed by atoms with Gasteiger partial charge in [0.25, 0.3) is 5.91 Å². The van der Waals surface area contributed by atoms with Gasteiger partial charge in [-0.3, -0.25) is 4.79 Å². The number of imidazole rings is 1. The summed E-state index contributed by atoms with van der Waals surface area (Å²) in [5, 5.41) is 6.10. The van der Waals surface area contributed by atoms with E-state index in [1.165, 1.54) is 0 Å². The van der Waals surface area contributed by atoms with Gasteiger partial charge >= 0.3 is 0 Å². The predicted molar refractivity (Wildman–Crippen MR) is 89.7 cm³/mol. The van der Waals surface area contributed by atoms with Crippen LogP contribution in [-0.4, -0.2) is 27.9 Å². The number of anilines is 2. The number of fused-ring (bicyclic) bond motifs is 1. The second-order valence-electron chi connectivity index (χ2n) is 4.49. The lowest BCUT2D eigenvalue weighted by atomic mass is 10.2. The van der Waals surface area contributed by atoms with Gasteiger partial charge in [0.2, 0.25) is 0 Å². The molecule has 0 saturated heterocycles. The molecule has 112 valence electrons. The van der Waals surface area contributed by atoms with Crippen LogP contribution in [-0.2, 0) is 0 Å². The van der Waals surface area contributed by atoms with Crippen molar-refractivity contribution in [3.8, 4) is 0 Å². The van der Waals surface area contributed by atoms with Crippen LogP contribution in [0.25, 0.3) is 11.0 Å². The third-order valence-electron chi connectivity index (χ3n) is 3.08. The Kier molecular flexibility index (Phi) is 4.00. The van der Waals surface area contributed by atoms with Crippen LogP contribution in [0.2, 0.25) is 5.02 Å². The fraction of sp³-hybridized carbons (Fsp3) is 0.0714. The van der Waals surface area contributed by atoms with Crippen molar-refractivity contribution >= 4 is 56.0 Å². The Hall–Kier alpha value is -2.12. The molecule has 0 fully saturated rings. The van der Waals surface area contributed by atoms with Crippen LogP contribution < -0.4 is 10.6 Å². The molecule has 0 aliphatic rings. The number of rotatable bonds is 3. The highest BCUT2D eigenvalue weighted by Crippen LogP contribution is 2.27. The van der Waals surface area contributed by atoms with Crippen LogP contribution in [0.1, 0.15) is 10.4 Å². The van der Waals surface area contributed by atoms with Crippen LogP contribution in [0.15, 0.2) is 35.2 Å². The Labute approximate surface area is 139 Å². The van der Waals surface area contributed by atoms with Crippen LogP contribution in [0.4, 0.5) is 11.5 Å². The largest absolute Gasteiger partial charge is 0.355 e. The van der Waals surface area contributed by atoms with Gasteiger partial charge in [-0.25, -0.2) is 9.97 Å². The highest BCUT2D eigenvalue weighted by Gasteiger charge is 2.12. The SMILES string of the molecule is CNC(=O)c1cc(Nc2nc(Br)cc3[nH]cnc23)ccc1Cl. The van der Waals surface area contributed by atoms with E-state index in [-0.39, 0.29) is 5.91 Å². The third-order valence-corrected chi connectivity index (χ3v) is 3.81. The van der Waals surface area contributed by atoms with Crippen molar-refractivity contribution in [2.24, 2.45) is 0 Å². The van der Waals surface area contributed by atoms with Crippen molar-refractivity contribution in [3.63, 3.8) is 0 Å². The highest BCUT2D eigenvalue weighted by atomic mass is 79.9. The quantitative estimate of drug-likeness (QED) is 0.608. The number of benzene rings is 1. The first-order valence-corrected chi connectivity index (χ1v) is 7.54. The topological polar surface area (TPSA) is 82.7 Å². The van der Waals surface area contributed by atoms with Gasteiger partial charge in [0.15, 0.2) is 5.82 Å². The maximum atomic E-state index is 11.8. The number of carbonyl (C=O) groups excluding carboxylic acids is 1. The third kappa shape index (κ3) is 2.77. The standard InChI is InChI=1S/C14H11BrClN5O/c1-17-14(22)8-4-7(2-3-9(8)16)20-13-12-10(18-6-19-12)5-11(15)21-13/h2-6H,1H3,(H,17,22)(H,18,19)(H,20,21). The van der Waals surface area contributed by atoms with Gasteiger partial charge in [-0.1, -0.05) is 11.6 Å². The molecule has 6 nitrogen and oxygen atoms in total. The van der Waals surface area contributed by atoms with E-state index in [0.717, 1.165) is 5.52 Å². The smallest absolute Gasteiger partial charge is 0.252 e. The molecule has 3 rings (SSSR count). The summed E-state index contributed by atoms with van der Waals surface area (Å²) in [6.45, 7) is 0. The van der Waals surface area contributed by atoms with E-state index >= 15 is 0 Å². The number of aromatic nitrogens is 3. The van der Waals surface area contributed by atoms with E-state index in [0.29, 0.717) is 32.2 Å². The van der Waals surface area contributed by atoms with Crippen LogP contribution in [0.3, 0.4) is 0 Å². The summed E-state index contributed by atoms with van der Waals surface area (Å²) >= 11 is 9.40. The van der Waals surface area contributed by atoms with Crippen molar-refractivity contribution in [1.29, 1.82) is 0 Å². The number of hydrogen-bond donors (Lipinski definition) is 3. The molecule has 3 aromatic rings. The average Bonchev–Trinajstić information content (AvgIpc) is 2.96. The highest BCUT2D eigenvalue weighted by molar-refractivity contribution is 9.10. The summed E-state index contributed by atoms with van der Waals surface area (Å²) in [5.74, 6) is 0.330. The lowest BCUT2D eigenvalue weighted by Crippen LogP contribution is -2.18. The minimum atomic E-state index is -0.249. The summed E-state index contributed by atoms with van der Waals surface area (Å²) in [5.41, 5.74) is 2.64. The van der Waals surface area contributed by atoms with E-state index < -0.39 is 0 Å².